The van der Waals surface area contributed by atoms with E-state index in [-0.39, 0.29) is 6.04 Å². The number of amides is 1. The predicted octanol–water partition coefficient (Wildman–Crippen LogP) is 1.45. The molecule has 0 spiro atoms. The third-order valence-electron chi connectivity index (χ3n) is 2.86. The summed E-state index contributed by atoms with van der Waals surface area (Å²) >= 11 is 0. The Labute approximate surface area is 107 Å². The second kappa shape index (κ2) is 6.26. The molecule has 5 nitrogen and oxygen atoms in total. The summed E-state index contributed by atoms with van der Waals surface area (Å²) in [5, 5.41) is 3.29. The number of nitrogen functional groups attached to an aromatic ring is 1. The Kier molecular flexibility index (Phi) is 4.97. The van der Waals surface area contributed by atoms with Crippen LogP contribution in [0, 0.1) is 5.92 Å². The monoisotopic (exact) mass is 251 g/mol. The molecular formula is C13H21N3O2. The van der Waals surface area contributed by atoms with Gasteiger partial charge in [-0.05, 0) is 18.1 Å². The Hall–Kier alpha value is -1.75. The maximum atomic E-state index is 11.2. The van der Waals surface area contributed by atoms with Gasteiger partial charge in [0.05, 0.1) is 29.6 Å². The summed E-state index contributed by atoms with van der Waals surface area (Å²) in [5.41, 5.74) is 12.6. The Morgan fingerprint density at radius 1 is 1.44 bits per heavy atom. The number of carbonyl (C=O) groups is 1. The highest BCUT2D eigenvalue weighted by Crippen LogP contribution is 2.24. The first-order chi connectivity index (χ1) is 8.47. The van der Waals surface area contributed by atoms with Crippen LogP contribution in [-0.2, 0) is 4.74 Å². The van der Waals surface area contributed by atoms with E-state index in [1.54, 1.807) is 19.2 Å². The SMILES string of the molecule is COCC(Nc1cccc(C(N)=O)c1N)C(C)C. The van der Waals surface area contributed by atoms with Gasteiger partial charge in [-0.1, -0.05) is 19.9 Å². The average molecular weight is 251 g/mol. The van der Waals surface area contributed by atoms with Crippen LogP contribution in [0.25, 0.3) is 0 Å². The molecule has 0 aliphatic rings. The van der Waals surface area contributed by atoms with Crippen LogP contribution < -0.4 is 16.8 Å². The van der Waals surface area contributed by atoms with Gasteiger partial charge in [0, 0.05) is 7.11 Å². The summed E-state index contributed by atoms with van der Waals surface area (Å²) < 4.78 is 5.16. The molecule has 0 bridgehead atoms. The van der Waals surface area contributed by atoms with Crippen molar-refractivity contribution in [2.24, 2.45) is 11.7 Å². The van der Waals surface area contributed by atoms with Gasteiger partial charge in [-0.2, -0.15) is 0 Å². The Morgan fingerprint density at radius 3 is 2.61 bits per heavy atom. The maximum Gasteiger partial charge on any atom is 0.250 e. The highest BCUT2D eigenvalue weighted by molar-refractivity contribution is 6.00. The minimum Gasteiger partial charge on any atom is -0.396 e. The van der Waals surface area contributed by atoms with E-state index in [2.05, 4.69) is 19.2 Å². The average Bonchev–Trinajstić information content (AvgIpc) is 2.30. The van der Waals surface area contributed by atoms with E-state index >= 15 is 0 Å². The van der Waals surface area contributed by atoms with E-state index in [4.69, 9.17) is 16.2 Å². The van der Waals surface area contributed by atoms with Gasteiger partial charge in [-0.15, -0.1) is 0 Å². The van der Waals surface area contributed by atoms with Crippen molar-refractivity contribution < 1.29 is 9.53 Å². The first-order valence-corrected chi connectivity index (χ1v) is 5.91. The number of carbonyl (C=O) groups excluding carboxylic acids is 1. The quantitative estimate of drug-likeness (QED) is 0.667. The van der Waals surface area contributed by atoms with Gasteiger partial charge in [0.2, 0.25) is 0 Å². The first-order valence-electron chi connectivity index (χ1n) is 5.91. The molecule has 0 aromatic heterocycles. The smallest absolute Gasteiger partial charge is 0.250 e. The lowest BCUT2D eigenvalue weighted by Gasteiger charge is -2.24. The minimum atomic E-state index is -0.524. The van der Waals surface area contributed by atoms with Crippen molar-refractivity contribution >= 4 is 17.3 Å². The largest absolute Gasteiger partial charge is 0.396 e. The number of anilines is 2. The zero-order valence-corrected chi connectivity index (χ0v) is 11.1. The number of para-hydroxylation sites is 1. The standard InChI is InChI=1S/C13H21N3O2/c1-8(2)11(7-18-3)16-10-6-4-5-9(12(10)14)13(15)17/h4-6,8,11,16H,7,14H2,1-3H3,(H2,15,17). The molecule has 0 heterocycles. The van der Waals surface area contributed by atoms with Crippen LogP contribution in [-0.4, -0.2) is 25.7 Å². The summed E-state index contributed by atoms with van der Waals surface area (Å²) in [7, 11) is 1.65. The van der Waals surface area contributed by atoms with Gasteiger partial charge in [0.1, 0.15) is 0 Å². The molecule has 0 saturated heterocycles. The van der Waals surface area contributed by atoms with Crippen molar-refractivity contribution in [1.82, 2.24) is 0 Å². The van der Waals surface area contributed by atoms with Gasteiger partial charge in [-0.25, -0.2) is 0 Å². The molecule has 18 heavy (non-hydrogen) atoms. The van der Waals surface area contributed by atoms with Crippen LogP contribution in [0.4, 0.5) is 11.4 Å². The lowest BCUT2D eigenvalue weighted by atomic mass is 10.0. The number of hydrogen-bond donors (Lipinski definition) is 3. The molecule has 1 amide bonds. The summed E-state index contributed by atoms with van der Waals surface area (Å²) in [6.07, 6.45) is 0. The lowest BCUT2D eigenvalue weighted by Crippen LogP contribution is -2.31. The van der Waals surface area contributed by atoms with E-state index < -0.39 is 5.91 Å². The predicted molar refractivity (Wildman–Crippen MR) is 73.5 cm³/mol. The Balaban J connectivity index is 2.96. The highest BCUT2D eigenvalue weighted by Gasteiger charge is 2.16. The molecular weight excluding hydrogens is 230 g/mol. The molecule has 1 aromatic carbocycles. The van der Waals surface area contributed by atoms with Gasteiger partial charge >= 0.3 is 0 Å². The molecule has 0 radical (unpaired) electrons. The van der Waals surface area contributed by atoms with Crippen LogP contribution in [0.5, 0.6) is 0 Å². The number of benzene rings is 1. The van der Waals surface area contributed by atoms with Gasteiger partial charge in [-0.3, -0.25) is 4.79 Å². The number of methoxy groups -OCH3 is 1. The van der Waals surface area contributed by atoms with Crippen LogP contribution >= 0.6 is 0 Å². The van der Waals surface area contributed by atoms with E-state index in [9.17, 15) is 4.79 Å². The van der Waals surface area contributed by atoms with Crippen molar-refractivity contribution in [3.8, 4) is 0 Å². The Morgan fingerprint density at radius 2 is 2.11 bits per heavy atom. The van der Waals surface area contributed by atoms with Crippen LogP contribution in [0.1, 0.15) is 24.2 Å². The van der Waals surface area contributed by atoms with Crippen molar-refractivity contribution in [2.45, 2.75) is 19.9 Å². The third-order valence-corrected chi connectivity index (χ3v) is 2.86. The molecule has 0 aliphatic carbocycles. The van der Waals surface area contributed by atoms with Crippen LogP contribution in [0.2, 0.25) is 0 Å². The first kappa shape index (κ1) is 14.3. The Bertz CT molecular complexity index is 419. The number of nitrogens with two attached hydrogens (primary N) is 2. The van der Waals surface area contributed by atoms with E-state index in [1.165, 1.54) is 0 Å². The maximum absolute atomic E-state index is 11.2. The third kappa shape index (κ3) is 3.37. The number of primary amides is 1. The van der Waals surface area contributed by atoms with Crippen molar-refractivity contribution in [3.63, 3.8) is 0 Å². The molecule has 5 heteroatoms. The normalized spacial score (nSPS) is 12.4. The molecule has 1 atom stereocenters. The molecule has 1 unspecified atom stereocenters. The fraction of sp³-hybridized carbons (Fsp3) is 0.462. The number of ether oxygens (including phenoxy) is 1. The van der Waals surface area contributed by atoms with Crippen LogP contribution in [0.15, 0.2) is 18.2 Å². The second-order valence-corrected chi connectivity index (χ2v) is 4.58. The zero-order chi connectivity index (χ0) is 13.7. The topological polar surface area (TPSA) is 90.4 Å². The number of nitrogens with one attached hydrogen (secondary N) is 1. The van der Waals surface area contributed by atoms with Gasteiger partial charge < -0.3 is 21.5 Å². The molecule has 1 rings (SSSR count). The van der Waals surface area contributed by atoms with Crippen molar-refractivity contribution in [2.75, 3.05) is 24.8 Å². The van der Waals surface area contributed by atoms with E-state index in [0.29, 0.717) is 29.5 Å². The number of hydrogen-bond acceptors (Lipinski definition) is 4. The molecule has 0 saturated carbocycles. The molecule has 0 aliphatic heterocycles. The zero-order valence-electron chi connectivity index (χ0n) is 11.1. The fourth-order valence-electron chi connectivity index (χ4n) is 1.69. The fourth-order valence-corrected chi connectivity index (χ4v) is 1.69. The van der Waals surface area contributed by atoms with E-state index in [1.807, 2.05) is 6.07 Å². The molecule has 100 valence electrons. The lowest BCUT2D eigenvalue weighted by molar-refractivity contribution is 0.100. The summed E-state index contributed by atoms with van der Waals surface area (Å²) in [4.78, 5) is 11.2. The summed E-state index contributed by atoms with van der Waals surface area (Å²) in [6.45, 7) is 4.74. The highest BCUT2D eigenvalue weighted by atomic mass is 16.5. The summed E-state index contributed by atoms with van der Waals surface area (Å²) in [5.74, 6) is -0.148. The van der Waals surface area contributed by atoms with Crippen LogP contribution in [0.3, 0.4) is 0 Å². The number of rotatable bonds is 6. The van der Waals surface area contributed by atoms with E-state index in [0.717, 1.165) is 0 Å². The summed E-state index contributed by atoms with van der Waals surface area (Å²) in [6, 6.07) is 5.32. The minimum absolute atomic E-state index is 0.125. The van der Waals surface area contributed by atoms with Crippen molar-refractivity contribution in [3.05, 3.63) is 23.8 Å². The second-order valence-electron chi connectivity index (χ2n) is 4.58. The molecule has 5 N–H and O–H groups in total. The molecule has 1 aromatic rings. The van der Waals surface area contributed by atoms with Crippen molar-refractivity contribution in [1.29, 1.82) is 0 Å². The van der Waals surface area contributed by atoms with Gasteiger partial charge in [0.15, 0.2) is 0 Å². The molecule has 0 fully saturated rings. The van der Waals surface area contributed by atoms with Gasteiger partial charge in [0.25, 0.3) is 5.91 Å².